The van der Waals surface area contributed by atoms with Gasteiger partial charge in [-0.15, -0.1) is 17.9 Å². The van der Waals surface area contributed by atoms with Crippen LogP contribution in [0, 0.1) is 0 Å². The standard InChI is InChI=1S/C13H18OS2/c1-9(2)3-4-11(14)13-7-10-8-15-6-5-12(10)16-13/h7,11,14H,1,3-6,8H2,2H3. The Balaban J connectivity index is 2.03. The molecule has 1 aromatic rings. The Hall–Kier alpha value is -0.250. The summed E-state index contributed by atoms with van der Waals surface area (Å²) in [6, 6.07) is 2.20. The van der Waals surface area contributed by atoms with Crippen LogP contribution in [0.5, 0.6) is 0 Å². The number of rotatable bonds is 4. The molecule has 2 rings (SSSR count). The average molecular weight is 254 g/mol. The molecule has 0 bridgehead atoms. The van der Waals surface area contributed by atoms with Gasteiger partial charge in [-0.25, -0.2) is 0 Å². The molecule has 1 atom stereocenters. The minimum Gasteiger partial charge on any atom is -0.388 e. The number of hydrogen-bond acceptors (Lipinski definition) is 3. The molecule has 1 aromatic heterocycles. The van der Waals surface area contributed by atoms with E-state index in [2.05, 4.69) is 12.6 Å². The van der Waals surface area contributed by atoms with Crippen LogP contribution in [0.4, 0.5) is 0 Å². The van der Waals surface area contributed by atoms with Gasteiger partial charge >= 0.3 is 0 Å². The molecule has 0 fully saturated rings. The summed E-state index contributed by atoms with van der Waals surface area (Å²) in [5.41, 5.74) is 2.60. The summed E-state index contributed by atoms with van der Waals surface area (Å²) < 4.78 is 0. The van der Waals surface area contributed by atoms with Gasteiger partial charge in [0.25, 0.3) is 0 Å². The van der Waals surface area contributed by atoms with Crippen molar-refractivity contribution in [3.63, 3.8) is 0 Å². The molecule has 16 heavy (non-hydrogen) atoms. The Bertz CT molecular complexity index is 358. The van der Waals surface area contributed by atoms with Crippen molar-refractivity contribution in [1.82, 2.24) is 0 Å². The molecule has 0 aromatic carbocycles. The summed E-state index contributed by atoms with van der Waals surface area (Å²) >= 11 is 3.79. The van der Waals surface area contributed by atoms with Crippen molar-refractivity contribution in [2.24, 2.45) is 0 Å². The van der Waals surface area contributed by atoms with Crippen LogP contribution in [-0.2, 0) is 12.2 Å². The first-order valence-electron chi connectivity index (χ1n) is 5.68. The molecule has 1 N–H and O–H groups in total. The first kappa shape index (κ1) is 12.2. The van der Waals surface area contributed by atoms with Crippen LogP contribution in [0.25, 0.3) is 0 Å². The molecule has 0 spiro atoms. The smallest absolute Gasteiger partial charge is 0.0885 e. The number of thioether (sulfide) groups is 1. The SMILES string of the molecule is C=C(C)CCC(O)c1cc2c(s1)CCSC2. The van der Waals surface area contributed by atoms with Crippen LogP contribution >= 0.6 is 23.1 Å². The van der Waals surface area contributed by atoms with E-state index in [1.54, 1.807) is 11.3 Å². The van der Waals surface area contributed by atoms with Crippen molar-refractivity contribution in [1.29, 1.82) is 0 Å². The van der Waals surface area contributed by atoms with E-state index < -0.39 is 0 Å². The van der Waals surface area contributed by atoms with Gasteiger partial charge < -0.3 is 5.11 Å². The van der Waals surface area contributed by atoms with Crippen molar-refractivity contribution >= 4 is 23.1 Å². The molecule has 3 heteroatoms. The fourth-order valence-corrected chi connectivity index (χ4v) is 4.26. The van der Waals surface area contributed by atoms with E-state index in [9.17, 15) is 5.11 Å². The second-order valence-electron chi connectivity index (χ2n) is 4.41. The number of fused-ring (bicyclic) bond motifs is 1. The highest BCUT2D eigenvalue weighted by Gasteiger charge is 2.17. The Morgan fingerprint density at radius 1 is 1.62 bits per heavy atom. The van der Waals surface area contributed by atoms with Crippen LogP contribution in [0.2, 0.25) is 0 Å². The molecule has 0 radical (unpaired) electrons. The van der Waals surface area contributed by atoms with Gasteiger partial charge in [0.15, 0.2) is 0 Å². The second kappa shape index (κ2) is 5.39. The topological polar surface area (TPSA) is 20.2 Å². The molecular formula is C13H18OS2. The fourth-order valence-electron chi connectivity index (χ4n) is 1.86. The summed E-state index contributed by atoms with van der Waals surface area (Å²) in [5.74, 6) is 2.36. The van der Waals surface area contributed by atoms with E-state index >= 15 is 0 Å². The zero-order valence-electron chi connectivity index (χ0n) is 9.66. The fraction of sp³-hybridized carbons (Fsp3) is 0.538. The number of hydrogen-bond donors (Lipinski definition) is 1. The van der Waals surface area contributed by atoms with Crippen LogP contribution < -0.4 is 0 Å². The monoisotopic (exact) mass is 254 g/mol. The normalized spacial score (nSPS) is 16.9. The third-order valence-corrected chi connectivity index (χ3v) is 5.17. The molecule has 88 valence electrons. The third-order valence-electron chi connectivity index (χ3n) is 2.82. The van der Waals surface area contributed by atoms with Gasteiger partial charge in [0.05, 0.1) is 6.10 Å². The van der Waals surface area contributed by atoms with Gasteiger partial charge in [0, 0.05) is 15.5 Å². The molecule has 0 aliphatic carbocycles. The lowest BCUT2D eigenvalue weighted by Crippen LogP contribution is -1.96. The van der Waals surface area contributed by atoms with Crippen molar-refractivity contribution in [3.05, 3.63) is 33.5 Å². The molecule has 1 unspecified atom stereocenters. The number of allylic oxidation sites excluding steroid dienone is 1. The Kier molecular flexibility index (Phi) is 4.11. The molecule has 2 heterocycles. The Morgan fingerprint density at radius 2 is 2.44 bits per heavy atom. The molecular weight excluding hydrogens is 236 g/mol. The summed E-state index contributed by atoms with van der Waals surface area (Å²) in [6.07, 6.45) is 2.61. The number of thiophene rings is 1. The summed E-state index contributed by atoms with van der Waals surface area (Å²) in [5, 5.41) is 10.1. The van der Waals surface area contributed by atoms with Crippen molar-refractivity contribution in [3.8, 4) is 0 Å². The maximum Gasteiger partial charge on any atom is 0.0885 e. The Labute approximate surface area is 106 Å². The van der Waals surface area contributed by atoms with E-state index in [-0.39, 0.29) is 6.10 Å². The number of aliphatic hydroxyl groups is 1. The maximum absolute atomic E-state index is 10.1. The highest BCUT2D eigenvalue weighted by atomic mass is 32.2. The number of aliphatic hydroxyl groups excluding tert-OH is 1. The van der Waals surface area contributed by atoms with Crippen molar-refractivity contribution in [2.45, 2.75) is 38.0 Å². The van der Waals surface area contributed by atoms with Gasteiger partial charge in [0.2, 0.25) is 0 Å². The van der Waals surface area contributed by atoms with E-state index in [4.69, 9.17) is 0 Å². The first-order valence-corrected chi connectivity index (χ1v) is 7.65. The highest BCUT2D eigenvalue weighted by Crippen LogP contribution is 2.35. The summed E-state index contributed by atoms with van der Waals surface area (Å²) in [4.78, 5) is 2.64. The summed E-state index contributed by atoms with van der Waals surface area (Å²) in [6.45, 7) is 5.89. The Morgan fingerprint density at radius 3 is 3.12 bits per heavy atom. The second-order valence-corrected chi connectivity index (χ2v) is 6.68. The van der Waals surface area contributed by atoms with Gasteiger partial charge in [-0.2, -0.15) is 11.8 Å². The highest BCUT2D eigenvalue weighted by molar-refractivity contribution is 7.98. The van der Waals surface area contributed by atoms with E-state index in [1.807, 2.05) is 18.7 Å². The minimum absolute atomic E-state index is 0.294. The summed E-state index contributed by atoms with van der Waals surface area (Å²) in [7, 11) is 0. The molecule has 1 aliphatic heterocycles. The van der Waals surface area contributed by atoms with Crippen LogP contribution in [-0.4, -0.2) is 10.9 Å². The molecule has 0 saturated heterocycles. The minimum atomic E-state index is -0.294. The van der Waals surface area contributed by atoms with E-state index in [0.29, 0.717) is 0 Å². The lowest BCUT2D eigenvalue weighted by molar-refractivity contribution is 0.171. The van der Waals surface area contributed by atoms with Gasteiger partial charge in [0.1, 0.15) is 0 Å². The van der Waals surface area contributed by atoms with Crippen LogP contribution in [0.3, 0.4) is 0 Å². The first-order chi connectivity index (χ1) is 7.66. The molecule has 1 nitrogen and oxygen atoms in total. The lowest BCUT2D eigenvalue weighted by atomic mass is 10.1. The van der Waals surface area contributed by atoms with Crippen molar-refractivity contribution in [2.75, 3.05) is 5.75 Å². The average Bonchev–Trinajstić information content (AvgIpc) is 2.69. The molecule has 0 saturated carbocycles. The molecule has 0 amide bonds. The number of aryl methyl sites for hydroxylation is 1. The predicted octanol–water partition coefficient (Wildman–Crippen LogP) is 3.93. The zero-order valence-corrected chi connectivity index (χ0v) is 11.3. The predicted molar refractivity (Wildman–Crippen MR) is 73.2 cm³/mol. The van der Waals surface area contributed by atoms with Gasteiger partial charge in [-0.3, -0.25) is 0 Å². The zero-order chi connectivity index (χ0) is 11.5. The van der Waals surface area contributed by atoms with E-state index in [0.717, 1.165) is 29.0 Å². The van der Waals surface area contributed by atoms with Gasteiger partial charge in [-0.05, 0) is 43.6 Å². The maximum atomic E-state index is 10.1. The van der Waals surface area contributed by atoms with Crippen LogP contribution in [0.1, 0.15) is 41.2 Å². The van der Waals surface area contributed by atoms with E-state index in [1.165, 1.54) is 22.6 Å². The van der Waals surface area contributed by atoms with Crippen molar-refractivity contribution < 1.29 is 5.11 Å². The third kappa shape index (κ3) is 2.90. The van der Waals surface area contributed by atoms with Crippen LogP contribution in [0.15, 0.2) is 18.2 Å². The van der Waals surface area contributed by atoms with Gasteiger partial charge in [-0.1, -0.05) is 5.57 Å². The lowest BCUT2D eigenvalue weighted by Gasteiger charge is -2.08. The molecule has 1 aliphatic rings. The quantitative estimate of drug-likeness (QED) is 0.822. The largest absolute Gasteiger partial charge is 0.388 e.